The number of anilines is 1. The molecule has 20 heavy (non-hydrogen) atoms. The summed E-state index contributed by atoms with van der Waals surface area (Å²) in [6, 6.07) is 3.56. The maximum absolute atomic E-state index is 10.7. The topological polar surface area (TPSA) is 71.3 Å². The van der Waals surface area contributed by atoms with Crippen LogP contribution in [0.2, 0.25) is 0 Å². The Kier molecular flexibility index (Phi) is 5.29. The van der Waals surface area contributed by atoms with E-state index >= 15 is 0 Å². The first-order valence-corrected chi connectivity index (χ1v) is 7.25. The third-order valence-electron chi connectivity index (χ3n) is 3.82. The van der Waals surface area contributed by atoms with Crippen molar-refractivity contribution < 1.29 is 4.92 Å². The van der Waals surface area contributed by atoms with Gasteiger partial charge in [-0.25, -0.2) is 4.98 Å². The van der Waals surface area contributed by atoms with Crippen LogP contribution in [0.25, 0.3) is 0 Å². The van der Waals surface area contributed by atoms with Crippen LogP contribution in [0, 0.1) is 10.1 Å². The van der Waals surface area contributed by atoms with E-state index in [4.69, 9.17) is 0 Å². The highest BCUT2D eigenvalue weighted by Crippen LogP contribution is 2.17. The van der Waals surface area contributed by atoms with Crippen molar-refractivity contribution in [3.05, 3.63) is 28.4 Å². The van der Waals surface area contributed by atoms with Gasteiger partial charge in [-0.15, -0.1) is 0 Å². The molecular formula is C14H22N4O2. The molecule has 1 atom stereocenters. The van der Waals surface area contributed by atoms with E-state index in [0.717, 1.165) is 19.5 Å². The van der Waals surface area contributed by atoms with Crippen LogP contribution in [-0.2, 0) is 0 Å². The van der Waals surface area contributed by atoms with Gasteiger partial charge in [-0.2, -0.15) is 0 Å². The first kappa shape index (κ1) is 14.7. The summed E-state index contributed by atoms with van der Waals surface area (Å²) in [5.74, 6) is 0.575. The highest BCUT2D eigenvalue weighted by molar-refractivity contribution is 5.44. The summed E-state index contributed by atoms with van der Waals surface area (Å²) < 4.78 is 0. The lowest BCUT2D eigenvalue weighted by Crippen LogP contribution is -2.38. The van der Waals surface area contributed by atoms with Crippen LogP contribution in [0.3, 0.4) is 0 Å². The van der Waals surface area contributed by atoms with E-state index in [-0.39, 0.29) is 5.69 Å². The van der Waals surface area contributed by atoms with E-state index in [1.165, 1.54) is 44.1 Å². The Hall–Kier alpha value is -1.69. The summed E-state index contributed by atoms with van der Waals surface area (Å²) in [6.07, 6.45) is 6.42. The second kappa shape index (κ2) is 7.19. The molecule has 0 aromatic carbocycles. The van der Waals surface area contributed by atoms with Crippen molar-refractivity contribution >= 4 is 11.5 Å². The van der Waals surface area contributed by atoms with Gasteiger partial charge in [-0.1, -0.05) is 6.42 Å². The summed E-state index contributed by atoms with van der Waals surface area (Å²) in [5.41, 5.74) is 0.0761. The van der Waals surface area contributed by atoms with Gasteiger partial charge in [0.1, 0.15) is 5.82 Å². The minimum absolute atomic E-state index is 0.0761. The molecule has 0 bridgehead atoms. The standard InChI is InChI=1S/C14H22N4O2/c1-12-5-2-3-9-17(12)10-4-7-15-14-11-13(18(19)20)6-8-16-14/h6,8,11-12H,2-5,7,9-10H2,1H3,(H,15,16). The average Bonchev–Trinajstić information content (AvgIpc) is 2.45. The summed E-state index contributed by atoms with van der Waals surface area (Å²) >= 11 is 0. The Morgan fingerprint density at radius 3 is 3.15 bits per heavy atom. The molecule has 110 valence electrons. The zero-order valence-electron chi connectivity index (χ0n) is 11.9. The SMILES string of the molecule is CC1CCCCN1CCCNc1cc([N+](=O)[O-])ccn1. The number of nitrogens with one attached hydrogen (secondary N) is 1. The third kappa shape index (κ3) is 4.16. The van der Waals surface area contributed by atoms with Crippen LogP contribution in [0.1, 0.15) is 32.6 Å². The van der Waals surface area contributed by atoms with Crippen LogP contribution in [0.15, 0.2) is 18.3 Å². The Morgan fingerprint density at radius 1 is 1.55 bits per heavy atom. The van der Waals surface area contributed by atoms with Crippen molar-refractivity contribution in [3.63, 3.8) is 0 Å². The first-order valence-electron chi connectivity index (χ1n) is 7.25. The number of hydrogen-bond donors (Lipinski definition) is 1. The molecule has 0 saturated carbocycles. The van der Waals surface area contributed by atoms with Crippen molar-refractivity contribution in [1.82, 2.24) is 9.88 Å². The summed E-state index contributed by atoms with van der Waals surface area (Å²) in [5, 5.41) is 13.8. The zero-order valence-corrected chi connectivity index (χ0v) is 11.9. The molecule has 1 saturated heterocycles. The third-order valence-corrected chi connectivity index (χ3v) is 3.82. The molecule has 0 radical (unpaired) electrons. The van der Waals surface area contributed by atoms with Crippen molar-refractivity contribution in [1.29, 1.82) is 0 Å². The number of nitro groups is 1. The van der Waals surface area contributed by atoms with Crippen LogP contribution >= 0.6 is 0 Å². The largest absolute Gasteiger partial charge is 0.370 e. The molecule has 1 fully saturated rings. The van der Waals surface area contributed by atoms with Gasteiger partial charge >= 0.3 is 0 Å². The monoisotopic (exact) mass is 278 g/mol. The molecule has 0 amide bonds. The van der Waals surface area contributed by atoms with Crippen LogP contribution < -0.4 is 5.32 Å². The van der Waals surface area contributed by atoms with Gasteiger partial charge < -0.3 is 10.2 Å². The molecule has 6 nitrogen and oxygen atoms in total. The molecule has 1 N–H and O–H groups in total. The summed E-state index contributed by atoms with van der Waals surface area (Å²) in [7, 11) is 0. The van der Waals surface area contributed by atoms with Gasteiger partial charge in [0.05, 0.1) is 11.0 Å². The quantitative estimate of drug-likeness (QED) is 0.492. The van der Waals surface area contributed by atoms with Gasteiger partial charge in [0.25, 0.3) is 5.69 Å². The predicted molar refractivity (Wildman–Crippen MR) is 78.9 cm³/mol. The Bertz CT molecular complexity index is 453. The number of hydrogen-bond acceptors (Lipinski definition) is 5. The van der Waals surface area contributed by atoms with Gasteiger partial charge in [0.15, 0.2) is 0 Å². The second-order valence-electron chi connectivity index (χ2n) is 5.32. The fraction of sp³-hybridized carbons (Fsp3) is 0.643. The molecule has 1 aliphatic heterocycles. The molecule has 1 aromatic rings. The molecule has 1 aliphatic rings. The normalized spacial score (nSPS) is 19.8. The van der Waals surface area contributed by atoms with Gasteiger partial charge in [-0.05, 0) is 32.7 Å². The van der Waals surface area contributed by atoms with E-state index < -0.39 is 4.92 Å². The average molecular weight is 278 g/mol. The van der Waals surface area contributed by atoms with Crippen LogP contribution in [0.4, 0.5) is 11.5 Å². The van der Waals surface area contributed by atoms with Crippen LogP contribution in [-0.4, -0.2) is 40.5 Å². The Morgan fingerprint density at radius 2 is 2.40 bits per heavy atom. The molecule has 6 heteroatoms. The van der Waals surface area contributed by atoms with E-state index in [0.29, 0.717) is 11.9 Å². The lowest BCUT2D eigenvalue weighted by Gasteiger charge is -2.33. The number of likely N-dealkylation sites (tertiary alicyclic amines) is 1. The predicted octanol–water partition coefficient (Wildman–Crippen LogP) is 2.67. The van der Waals surface area contributed by atoms with E-state index in [2.05, 4.69) is 22.1 Å². The number of piperidine rings is 1. The van der Waals surface area contributed by atoms with Crippen molar-refractivity contribution in [2.24, 2.45) is 0 Å². The van der Waals surface area contributed by atoms with E-state index in [1.54, 1.807) is 0 Å². The van der Waals surface area contributed by atoms with Crippen molar-refractivity contribution in [3.8, 4) is 0 Å². The summed E-state index contributed by atoms with van der Waals surface area (Å²) in [6.45, 7) is 5.34. The van der Waals surface area contributed by atoms with Gasteiger partial charge in [-0.3, -0.25) is 10.1 Å². The molecular weight excluding hydrogens is 256 g/mol. The minimum Gasteiger partial charge on any atom is -0.370 e. The zero-order chi connectivity index (χ0) is 14.4. The molecule has 0 spiro atoms. The first-order chi connectivity index (χ1) is 9.66. The van der Waals surface area contributed by atoms with Crippen molar-refractivity contribution in [2.75, 3.05) is 25.0 Å². The molecule has 2 heterocycles. The fourth-order valence-corrected chi connectivity index (χ4v) is 2.62. The Labute approximate surface area is 119 Å². The lowest BCUT2D eigenvalue weighted by molar-refractivity contribution is -0.384. The fourth-order valence-electron chi connectivity index (χ4n) is 2.62. The van der Waals surface area contributed by atoms with Gasteiger partial charge in [0.2, 0.25) is 0 Å². The van der Waals surface area contributed by atoms with Crippen LogP contribution in [0.5, 0.6) is 0 Å². The molecule has 2 rings (SSSR count). The smallest absolute Gasteiger partial charge is 0.274 e. The minimum atomic E-state index is -0.401. The number of pyridine rings is 1. The Balaban J connectivity index is 1.73. The van der Waals surface area contributed by atoms with Gasteiger partial charge in [0, 0.05) is 31.4 Å². The van der Waals surface area contributed by atoms with E-state index in [1.807, 2.05) is 0 Å². The highest BCUT2D eigenvalue weighted by Gasteiger charge is 2.17. The summed E-state index contributed by atoms with van der Waals surface area (Å²) in [4.78, 5) is 16.9. The van der Waals surface area contributed by atoms with E-state index in [9.17, 15) is 10.1 Å². The molecule has 1 unspecified atom stereocenters. The van der Waals surface area contributed by atoms with Crippen molar-refractivity contribution in [2.45, 2.75) is 38.6 Å². The molecule has 0 aliphatic carbocycles. The lowest BCUT2D eigenvalue weighted by atomic mass is 10.0. The maximum Gasteiger partial charge on any atom is 0.274 e. The number of nitrogens with zero attached hydrogens (tertiary/aromatic N) is 3. The second-order valence-corrected chi connectivity index (χ2v) is 5.32. The maximum atomic E-state index is 10.7. The highest BCUT2D eigenvalue weighted by atomic mass is 16.6. The number of rotatable bonds is 6. The number of aromatic nitrogens is 1. The molecule has 1 aromatic heterocycles.